The highest BCUT2D eigenvalue weighted by Crippen LogP contribution is 2.35. The van der Waals surface area contributed by atoms with Crippen LogP contribution in [0.3, 0.4) is 0 Å². The minimum atomic E-state index is 0.00685. The van der Waals surface area contributed by atoms with Crippen molar-refractivity contribution < 1.29 is 4.74 Å². The summed E-state index contributed by atoms with van der Waals surface area (Å²) >= 11 is 0. The molecule has 1 aliphatic heterocycles. The molecule has 1 atom stereocenters. The van der Waals surface area contributed by atoms with Crippen LogP contribution in [0.15, 0.2) is 60.8 Å². The van der Waals surface area contributed by atoms with Crippen molar-refractivity contribution in [2.45, 2.75) is 12.6 Å². The van der Waals surface area contributed by atoms with Crippen molar-refractivity contribution >= 4 is 0 Å². The van der Waals surface area contributed by atoms with E-state index in [0.29, 0.717) is 6.61 Å². The fraction of sp³-hybridized carbons (Fsp3) is 0.125. The normalized spacial score (nSPS) is 16.7. The van der Waals surface area contributed by atoms with Crippen LogP contribution in [0.4, 0.5) is 0 Å². The minimum absolute atomic E-state index is 0.00685. The molecule has 0 amide bonds. The molecule has 4 heteroatoms. The SMILES string of the molecule is c1ccc(C2c3ccccc3OCc3cnnn32)cc1. The second kappa shape index (κ2) is 4.49. The Balaban J connectivity index is 1.97. The maximum Gasteiger partial charge on any atom is 0.132 e. The Bertz CT molecular complexity index is 736. The third-order valence-electron chi connectivity index (χ3n) is 3.60. The monoisotopic (exact) mass is 263 g/mol. The van der Waals surface area contributed by atoms with Gasteiger partial charge in [-0.2, -0.15) is 0 Å². The van der Waals surface area contributed by atoms with Gasteiger partial charge >= 0.3 is 0 Å². The van der Waals surface area contributed by atoms with Gasteiger partial charge in [-0.15, -0.1) is 5.10 Å². The lowest BCUT2D eigenvalue weighted by Crippen LogP contribution is -2.14. The third-order valence-corrected chi connectivity index (χ3v) is 3.60. The van der Waals surface area contributed by atoms with Crippen molar-refractivity contribution in [2.24, 2.45) is 0 Å². The quantitative estimate of drug-likeness (QED) is 0.677. The molecule has 1 aliphatic rings. The van der Waals surface area contributed by atoms with Gasteiger partial charge in [-0.25, -0.2) is 4.68 Å². The van der Waals surface area contributed by atoms with Gasteiger partial charge in [0.2, 0.25) is 0 Å². The highest BCUT2D eigenvalue weighted by atomic mass is 16.5. The molecular weight excluding hydrogens is 250 g/mol. The van der Waals surface area contributed by atoms with Crippen molar-refractivity contribution in [3.8, 4) is 5.75 Å². The molecule has 3 aromatic rings. The van der Waals surface area contributed by atoms with Crippen LogP contribution in [0.5, 0.6) is 5.75 Å². The van der Waals surface area contributed by atoms with Crippen molar-refractivity contribution in [2.75, 3.05) is 0 Å². The largest absolute Gasteiger partial charge is 0.487 e. The number of rotatable bonds is 1. The molecule has 2 aromatic carbocycles. The lowest BCUT2D eigenvalue weighted by Gasteiger charge is -2.18. The van der Waals surface area contributed by atoms with Crippen LogP contribution < -0.4 is 4.74 Å². The zero-order valence-corrected chi connectivity index (χ0v) is 10.8. The lowest BCUT2D eigenvalue weighted by molar-refractivity contribution is 0.301. The van der Waals surface area contributed by atoms with E-state index in [1.807, 2.05) is 41.1 Å². The topological polar surface area (TPSA) is 39.9 Å². The predicted molar refractivity (Wildman–Crippen MR) is 74.5 cm³/mol. The summed E-state index contributed by atoms with van der Waals surface area (Å²) in [6.45, 7) is 0.493. The molecule has 0 bridgehead atoms. The van der Waals surface area contributed by atoms with Gasteiger partial charge in [0.05, 0.1) is 11.9 Å². The summed E-state index contributed by atoms with van der Waals surface area (Å²) in [5, 5.41) is 8.29. The van der Waals surface area contributed by atoms with Crippen LogP contribution in [0.2, 0.25) is 0 Å². The number of fused-ring (bicyclic) bond motifs is 2. The Kier molecular flexibility index (Phi) is 2.52. The van der Waals surface area contributed by atoms with E-state index in [1.165, 1.54) is 5.56 Å². The van der Waals surface area contributed by atoms with Gasteiger partial charge in [-0.3, -0.25) is 0 Å². The predicted octanol–water partition coefficient (Wildman–Crippen LogP) is 2.81. The molecule has 4 nitrogen and oxygen atoms in total. The molecule has 0 radical (unpaired) electrons. The molecule has 98 valence electrons. The van der Waals surface area contributed by atoms with E-state index in [4.69, 9.17) is 4.74 Å². The summed E-state index contributed by atoms with van der Waals surface area (Å²) in [6.07, 6.45) is 1.77. The Labute approximate surface area is 116 Å². The van der Waals surface area contributed by atoms with Crippen LogP contribution in [-0.4, -0.2) is 15.0 Å². The van der Waals surface area contributed by atoms with E-state index in [9.17, 15) is 0 Å². The Morgan fingerprint density at radius 3 is 2.70 bits per heavy atom. The summed E-state index contributed by atoms with van der Waals surface area (Å²) in [7, 11) is 0. The van der Waals surface area contributed by atoms with Gasteiger partial charge in [0.25, 0.3) is 0 Å². The molecule has 0 spiro atoms. The van der Waals surface area contributed by atoms with Crippen molar-refractivity contribution in [3.05, 3.63) is 77.6 Å². The number of hydrogen-bond acceptors (Lipinski definition) is 3. The number of nitrogens with zero attached hydrogens (tertiary/aromatic N) is 3. The van der Waals surface area contributed by atoms with E-state index in [1.54, 1.807) is 6.20 Å². The lowest BCUT2D eigenvalue weighted by atomic mass is 9.98. The standard InChI is InChI=1S/C16H13N3O/c1-2-6-12(7-3-1)16-14-8-4-5-9-15(14)20-11-13-10-17-18-19(13)16/h1-10,16H,11H2. The Hall–Kier alpha value is -2.62. The van der Waals surface area contributed by atoms with E-state index >= 15 is 0 Å². The number of aromatic nitrogens is 3. The molecule has 1 aromatic heterocycles. The summed E-state index contributed by atoms with van der Waals surface area (Å²) in [5.74, 6) is 0.909. The molecule has 0 fully saturated rings. The second-order valence-corrected chi connectivity index (χ2v) is 4.81. The second-order valence-electron chi connectivity index (χ2n) is 4.81. The number of para-hydroxylation sites is 1. The average molecular weight is 263 g/mol. The first-order valence-electron chi connectivity index (χ1n) is 6.59. The van der Waals surface area contributed by atoms with Gasteiger partial charge in [-0.1, -0.05) is 53.7 Å². The number of ether oxygens (including phenoxy) is 1. The highest BCUT2D eigenvalue weighted by molar-refractivity contribution is 5.43. The zero-order chi connectivity index (χ0) is 13.4. The minimum Gasteiger partial charge on any atom is -0.487 e. The van der Waals surface area contributed by atoms with Gasteiger partial charge in [0.1, 0.15) is 18.4 Å². The molecule has 0 saturated carbocycles. The summed E-state index contributed by atoms with van der Waals surface area (Å²) < 4.78 is 7.83. The molecule has 0 N–H and O–H groups in total. The molecule has 20 heavy (non-hydrogen) atoms. The maximum atomic E-state index is 5.88. The zero-order valence-electron chi connectivity index (χ0n) is 10.8. The molecule has 1 unspecified atom stereocenters. The fourth-order valence-electron chi connectivity index (χ4n) is 2.66. The first-order chi connectivity index (χ1) is 9.93. The Morgan fingerprint density at radius 2 is 1.80 bits per heavy atom. The first kappa shape index (κ1) is 11.2. The number of hydrogen-bond donors (Lipinski definition) is 0. The molecular formula is C16H13N3O. The average Bonchev–Trinajstić information content (AvgIpc) is 2.90. The van der Waals surface area contributed by atoms with Gasteiger partial charge < -0.3 is 4.74 Å². The Morgan fingerprint density at radius 1 is 1.00 bits per heavy atom. The van der Waals surface area contributed by atoms with Crippen molar-refractivity contribution in [1.82, 2.24) is 15.0 Å². The van der Waals surface area contributed by atoms with Gasteiger partial charge in [-0.05, 0) is 11.6 Å². The molecule has 0 saturated heterocycles. The summed E-state index contributed by atoms with van der Waals surface area (Å²) in [6, 6.07) is 18.4. The van der Waals surface area contributed by atoms with Crippen LogP contribution in [0.1, 0.15) is 22.9 Å². The molecule has 2 heterocycles. The van der Waals surface area contributed by atoms with Crippen molar-refractivity contribution in [1.29, 1.82) is 0 Å². The summed E-state index contributed by atoms with van der Waals surface area (Å²) in [5.41, 5.74) is 3.27. The number of benzene rings is 2. The first-order valence-corrected chi connectivity index (χ1v) is 6.59. The van der Waals surface area contributed by atoms with Gasteiger partial charge in [0.15, 0.2) is 0 Å². The van der Waals surface area contributed by atoms with Crippen LogP contribution >= 0.6 is 0 Å². The van der Waals surface area contributed by atoms with Crippen LogP contribution in [-0.2, 0) is 6.61 Å². The smallest absolute Gasteiger partial charge is 0.132 e. The molecule has 4 rings (SSSR count). The summed E-state index contributed by atoms with van der Waals surface area (Å²) in [4.78, 5) is 0. The fourth-order valence-corrected chi connectivity index (χ4v) is 2.66. The maximum absolute atomic E-state index is 5.88. The third kappa shape index (κ3) is 1.69. The highest BCUT2D eigenvalue weighted by Gasteiger charge is 2.26. The van der Waals surface area contributed by atoms with E-state index < -0.39 is 0 Å². The van der Waals surface area contributed by atoms with Crippen LogP contribution in [0, 0.1) is 0 Å². The van der Waals surface area contributed by atoms with Gasteiger partial charge in [0, 0.05) is 5.56 Å². The van der Waals surface area contributed by atoms with Crippen LogP contribution in [0.25, 0.3) is 0 Å². The molecule has 0 aliphatic carbocycles. The van der Waals surface area contributed by atoms with Crippen molar-refractivity contribution in [3.63, 3.8) is 0 Å². The van der Waals surface area contributed by atoms with E-state index in [-0.39, 0.29) is 6.04 Å². The van der Waals surface area contributed by atoms with E-state index in [0.717, 1.165) is 17.0 Å². The van der Waals surface area contributed by atoms with E-state index in [2.05, 4.69) is 28.5 Å².